The summed E-state index contributed by atoms with van der Waals surface area (Å²) in [5.74, 6) is 1.83. The number of nitrogens with two attached hydrogens (primary N) is 1. The summed E-state index contributed by atoms with van der Waals surface area (Å²) in [5, 5.41) is 0. The Morgan fingerprint density at radius 2 is 2.00 bits per heavy atom. The molecule has 1 heteroatoms. The third-order valence-electron chi connectivity index (χ3n) is 2.80. The molecule has 60 valence electrons. The molecule has 0 spiro atoms. The van der Waals surface area contributed by atoms with Gasteiger partial charge in [0.05, 0.1) is 0 Å². The maximum Gasteiger partial charge on any atom is -0.00488 e. The molecule has 0 bridgehead atoms. The van der Waals surface area contributed by atoms with Crippen LogP contribution in [0.3, 0.4) is 0 Å². The molecule has 0 radical (unpaired) electrons. The fourth-order valence-electron chi connectivity index (χ4n) is 1.99. The lowest BCUT2D eigenvalue weighted by atomic mass is 9.80. The Morgan fingerprint density at radius 3 is 2.60 bits per heavy atom. The van der Waals surface area contributed by atoms with Crippen molar-refractivity contribution < 1.29 is 0 Å². The van der Waals surface area contributed by atoms with Crippen LogP contribution in [0.1, 0.15) is 39.0 Å². The topological polar surface area (TPSA) is 26.0 Å². The van der Waals surface area contributed by atoms with Crippen LogP contribution >= 0.6 is 0 Å². The lowest BCUT2D eigenvalue weighted by molar-refractivity contribution is 0.266. The summed E-state index contributed by atoms with van der Waals surface area (Å²) in [6.07, 6.45) is 7.00. The SMILES string of the molecule is CC[C@H]1CCC[C@@H](CN)C1. The quantitative estimate of drug-likeness (QED) is 0.626. The first-order valence-electron chi connectivity index (χ1n) is 4.56. The zero-order chi connectivity index (χ0) is 7.40. The van der Waals surface area contributed by atoms with E-state index in [1.54, 1.807) is 0 Å². The summed E-state index contributed by atoms with van der Waals surface area (Å²) in [4.78, 5) is 0. The van der Waals surface area contributed by atoms with Gasteiger partial charge in [-0.3, -0.25) is 0 Å². The number of hydrogen-bond donors (Lipinski definition) is 1. The van der Waals surface area contributed by atoms with Gasteiger partial charge in [0, 0.05) is 0 Å². The van der Waals surface area contributed by atoms with Crippen molar-refractivity contribution in [2.24, 2.45) is 17.6 Å². The van der Waals surface area contributed by atoms with E-state index in [2.05, 4.69) is 6.92 Å². The molecule has 0 unspecified atom stereocenters. The second-order valence-electron chi connectivity index (χ2n) is 3.54. The van der Waals surface area contributed by atoms with Crippen LogP contribution in [0.4, 0.5) is 0 Å². The van der Waals surface area contributed by atoms with Crippen molar-refractivity contribution in [3.8, 4) is 0 Å². The summed E-state index contributed by atoms with van der Waals surface area (Å²) in [6.45, 7) is 3.21. The van der Waals surface area contributed by atoms with Gasteiger partial charge in [-0.05, 0) is 31.2 Å². The molecule has 1 saturated carbocycles. The molecule has 1 aliphatic carbocycles. The summed E-state index contributed by atoms with van der Waals surface area (Å²) in [6, 6.07) is 0. The zero-order valence-corrected chi connectivity index (χ0v) is 6.97. The zero-order valence-electron chi connectivity index (χ0n) is 6.97. The fraction of sp³-hybridized carbons (Fsp3) is 1.00. The predicted octanol–water partition coefficient (Wildman–Crippen LogP) is 2.16. The maximum absolute atomic E-state index is 5.62. The lowest BCUT2D eigenvalue weighted by Crippen LogP contribution is -2.22. The van der Waals surface area contributed by atoms with E-state index in [-0.39, 0.29) is 0 Å². The second kappa shape index (κ2) is 3.97. The van der Waals surface area contributed by atoms with Crippen molar-refractivity contribution in [3.05, 3.63) is 0 Å². The Balaban J connectivity index is 2.25. The van der Waals surface area contributed by atoms with Crippen LogP contribution in [-0.2, 0) is 0 Å². The highest BCUT2D eigenvalue weighted by Crippen LogP contribution is 2.29. The molecule has 0 amide bonds. The molecule has 10 heavy (non-hydrogen) atoms. The van der Waals surface area contributed by atoms with Gasteiger partial charge in [0.1, 0.15) is 0 Å². The molecule has 0 aromatic heterocycles. The van der Waals surface area contributed by atoms with Gasteiger partial charge in [-0.25, -0.2) is 0 Å². The third kappa shape index (κ3) is 1.98. The van der Waals surface area contributed by atoms with E-state index in [1.807, 2.05) is 0 Å². The Labute approximate surface area is 64.0 Å². The molecule has 0 aromatic rings. The van der Waals surface area contributed by atoms with Gasteiger partial charge < -0.3 is 5.73 Å². The first kappa shape index (κ1) is 8.06. The average molecular weight is 141 g/mol. The van der Waals surface area contributed by atoms with Crippen LogP contribution in [0.2, 0.25) is 0 Å². The van der Waals surface area contributed by atoms with Gasteiger partial charge >= 0.3 is 0 Å². The maximum atomic E-state index is 5.62. The van der Waals surface area contributed by atoms with Crippen LogP contribution in [0.15, 0.2) is 0 Å². The number of rotatable bonds is 2. The fourth-order valence-corrected chi connectivity index (χ4v) is 1.99. The van der Waals surface area contributed by atoms with E-state index >= 15 is 0 Å². The minimum atomic E-state index is 0.846. The molecule has 2 N–H and O–H groups in total. The van der Waals surface area contributed by atoms with Crippen LogP contribution in [0.5, 0.6) is 0 Å². The standard InChI is InChI=1S/C9H19N/c1-2-8-4-3-5-9(6-8)7-10/h8-9H,2-7,10H2,1H3/t8-,9+/m0/s1. The van der Waals surface area contributed by atoms with Crippen molar-refractivity contribution >= 4 is 0 Å². The highest BCUT2D eigenvalue weighted by molar-refractivity contribution is 4.72. The van der Waals surface area contributed by atoms with E-state index in [9.17, 15) is 0 Å². The van der Waals surface area contributed by atoms with Crippen molar-refractivity contribution in [1.29, 1.82) is 0 Å². The smallest absolute Gasteiger partial charge is 0.00488 e. The average Bonchev–Trinajstić information content (AvgIpc) is 2.05. The summed E-state index contributed by atoms with van der Waals surface area (Å²) >= 11 is 0. The first-order chi connectivity index (χ1) is 4.86. The Kier molecular flexibility index (Phi) is 3.20. The molecule has 1 fully saturated rings. The molecule has 0 aromatic carbocycles. The van der Waals surface area contributed by atoms with E-state index in [4.69, 9.17) is 5.73 Å². The van der Waals surface area contributed by atoms with E-state index in [0.29, 0.717) is 0 Å². The summed E-state index contributed by atoms with van der Waals surface area (Å²) < 4.78 is 0. The Morgan fingerprint density at radius 1 is 1.30 bits per heavy atom. The van der Waals surface area contributed by atoms with Crippen molar-refractivity contribution in [3.63, 3.8) is 0 Å². The highest BCUT2D eigenvalue weighted by atomic mass is 14.5. The van der Waals surface area contributed by atoms with Crippen molar-refractivity contribution in [1.82, 2.24) is 0 Å². The third-order valence-corrected chi connectivity index (χ3v) is 2.80. The minimum Gasteiger partial charge on any atom is -0.330 e. The lowest BCUT2D eigenvalue weighted by Gasteiger charge is -2.27. The molecular formula is C9H19N. The van der Waals surface area contributed by atoms with Crippen LogP contribution in [0.25, 0.3) is 0 Å². The van der Waals surface area contributed by atoms with Crippen molar-refractivity contribution in [2.45, 2.75) is 39.0 Å². The Bertz CT molecular complexity index is 80.7. The second-order valence-corrected chi connectivity index (χ2v) is 3.54. The molecule has 0 heterocycles. The van der Waals surface area contributed by atoms with E-state index in [1.165, 1.54) is 32.1 Å². The molecule has 0 saturated heterocycles. The van der Waals surface area contributed by atoms with Gasteiger partial charge in [0.25, 0.3) is 0 Å². The molecule has 1 rings (SSSR count). The number of hydrogen-bond acceptors (Lipinski definition) is 1. The molecule has 1 nitrogen and oxygen atoms in total. The van der Waals surface area contributed by atoms with Gasteiger partial charge in [-0.15, -0.1) is 0 Å². The summed E-state index contributed by atoms with van der Waals surface area (Å²) in [5.41, 5.74) is 5.62. The van der Waals surface area contributed by atoms with Crippen LogP contribution < -0.4 is 5.73 Å². The van der Waals surface area contributed by atoms with Gasteiger partial charge in [0.2, 0.25) is 0 Å². The molecule has 0 aliphatic heterocycles. The Hall–Kier alpha value is -0.0400. The summed E-state index contributed by atoms with van der Waals surface area (Å²) in [7, 11) is 0. The first-order valence-corrected chi connectivity index (χ1v) is 4.56. The molecule has 1 aliphatic rings. The predicted molar refractivity (Wildman–Crippen MR) is 44.8 cm³/mol. The van der Waals surface area contributed by atoms with Crippen LogP contribution in [0, 0.1) is 11.8 Å². The minimum absolute atomic E-state index is 0.846. The van der Waals surface area contributed by atoms with Gasteiger partial charge in [0.15, 0.2) is 0 Å². The molecular weight excluding hydrogens is 122 g/mol. The highest BCUT2D eigenvalue weighted by Gasteiger charge is 2.18. The normalized spacial score (nSPS) is 34.2. The van der Waals surface area contributed by atoms with E-state index in [0.717, 1.165) is 18.4 Å². The molecule has 2 atom stereocenters. The van der Waals surface area contributed by atoms with Gasteiger partial charge in [-0.2, -0.15) is 0 Å². The van der Waals surface area contributed by atoms with Crippen molar-refractivity contribution in [2.75, 3.05) is 6.54 Å². The van der Waals surface area contributed by atoms with Gasteiger partial charge in [-0.1, -0.05) is 26.2 Å². The van der Waals surface area contributed by atoms with E-state index < -0.39 is 0 Å². The van der Waals surface area contributed by atoms with Crippen LogP contribution in [-0.4, -0.2) is 6.54 Å². The monoisotopic (exact) mass is 141 g/mol. The largest absolute Gasteiger partial charge is 0.330 e.